The van der Waals surface area contributed by atoms with Gasteiger partial charge in [0.15, 0.2) is 0 Å². The maximum atomic E-state index is 11.8. The minimum atomic E-state index is -0.355. The van der Waals surface area contributed by atoms with Gasteiger partial charge in [-0.15, -0.1) is 0 Å². The Morgan fingerprint density at radius 3 is 2.48 bits per heavy atom. The summed E-state index contributed by atoms with van der Waals surface area (Å²) < 4.78 is 5.69. The van der Waals surface area contributed by atoms with Gasteiger partial charge in [0.1, 0.15) is 11.1 Å². The quantitative estimate of drug-likeness (QED) is 0.437. The number of esters is 1. The highest BCUT2D eigenvalue weighted by Crippen LogP contribution is 2.25. The SMILES string of the molecule is CCOC(=O)CN=C(c1ccccc1)c1ccccc1-c1cnc(Br)cn1. The average molecular weight is 424 g/mol. The molecule has 0 N–H and O–H groups in total. The smallest absolute Gasteiger partial charge is 0.327 e. The van der Waals surface area contributed by atoms with Gasteiger partial charge in [-0.05, 0) is 22.9 Å². The molecule has 1 aromatic heterocycles. The molecular weight excluding hydrogens is 406 g/mol. The van der Waals surface area contributed by atoms with Gasteiger partial charge in [0, 0.05) is 16.7 Å². The van der Waals surface area contributed by atoms with E-state index in [4.69, 9.17) is 4.74 Å². The number of nitrogens with zero attached hydrogens (tertiary/aromatic N) is 3. The molecule has 3 rings (SSSR count). The molecule has 5 nitrogen and oxygen atoms in total. The first-order chi connectivity index (χ1) is 13.2. The molecule has 0 amide bonds. The summed E-state index contributed by atoms with van der Waals surface area (Å²) in [5.74, 6) is -0.355. The van der Waals surface area contributed by atoms with E-state index >= 15 is 0 Å². The lowest BCUT2D eigenvalue weighted by Gasteiger charge is -2.12. The predicted molar refractivity (Wildman–Crippen MR) is 109 cm³/mol. The van der Waals surface area contributed by atoms with Crippen LogP contribution in [0.15, 0.2) is 76.6 Å². The first-order valence-corrected chi connectivity index (χ1v) is 9.31. The summed E-state index contributed by atoms with van der Waals surface area (Å²) in [5, 5.41) is 0. The van der Waals surface area contributed by atoms with Gasteiger partial charge >= 0.3 is 5.97 Å². The van der Waals surface area contributed by atoms with E-state index in [0.29, 0.717) is 16.9 Å². The molecule has 0 saturated heterocycles. The fraction of sp³-hybridized carbons (Fsp3) is 0.143. The Labute approximate surface area is 166 Å². The van der Waals surface area contributed by atoms with Crippen molar-refractivity contribution in [3.63, 3.8) is 0 Å². The number of hydrogen-bond donors (Lipinski definition) is 0. The summed E-state index contributed by atoms with van der Waals surface area (Å²) in [7, 11) is 0. The Balaban J connectivity index is 2.09. The second-order valence-electron chi connectivity index (χ2n) is 5.61. The molecular formula is C21H18BrN3O2. The van der Waals surface area contributed by atoms with Gasteiger partial charge in [-0.3, -0.25) is 14.8 Å². The zero-order valence-electron chi connectivity index (χ0n) is 14.8. The van der Waals surface area contributed by atoms with Crippen LogP contribution in [-0.2, 0) is 9.53 Å². The van der Waals surface area contributed by atoms with Gasteiger partial charge in [-0.25, -0.2) is 4.98 Å². The van der Waals surface area contributed by atoms with Gasteiger partial charge in [-0.1, -0.05) is 54.6 Å². The number of carbonyl (C=O) groups excluding carboxylic acids is 1. The highest BCUT2D eigenvalue weighted by molar-refractivity contribution is 9.10. The van der Waals surface area contributed by atoms with E-state index in [2.05, 4.69) is 30.9 Å². The van der Waals surface area contributed by atoms with Crippen molar-refractivity contribution in [2.75, 3.05) is 13.2 Å². The standard InChI is InChI=1S/C21H18BrN3O2/c1-2-27-20(26)14-25-21(15-8-4-3-5-9-15)17-11-7-6-10-16(17)18-12-24-19(22)13-23-18/h3-13H,2,14H2,1H3. The van der Waals surface area contributed by atoms with Crippen molar-refractivity contribution < 1.29 is 9.53 Å². The monoisotopic (exact) mass is 423 g/mol. The molecule has 0 radical (unpaired) electrons. The number of hydrogen-bond acceptors (Lipinski definition) is 5. The molecule has 136 valence electrons. The van der Waals surface area contributed by atoms with Crippen molar-refractivity contribution in [3.8, 4) is 11.3 Å². The van der Waals surface area contributed by atoms with Crippen LogP contribution in [0.2, 0.25) is 0 Å². The molecule has 1 heterocycles. The van der Waals surface area contributed by atoms with E-state index in [-0.39, 0.29) is 12.5 Å². The third-order valence-corrected chi connectivity index (χ3v) is 4.21. The number of rotatable bonds is 6. The van der Waals surface area contributed by atoms with E-state index in [1.807, 2.05) is 54.6 Å². The Kier molecular flexibility index (Phi) is 6.44. The van der Waals surface area contributed by atoms with Gasteiger partial charge in [0.2, 0.25) is 0 Å². The topological polar surface area (TPSA) is 64.4 Å². The summed E-state index contributed by atoms with van der Waals surface area (Å²) in [4.78, 5) is 25.1. The normalized spacial score (nSPS) is 11.3. The second kappa shape index (κ2) is 9.19. The van der Waals surface area contributed by atoms with E-state index in [9.17, 15) is 4.79 Å². The van der Waals surface area contributed by atoms with Gasteiger partial charge in [-0.2, -0.15) is 0 Å². The number of carbonyl (C=O) groups is 1. The summed E-state index contributed by atoms with van der Waals surface area (Å²) >= 11 is 3.31. The Morgan fingerprint density at radius 2 is 1.78 bits per heavy atom. The van der Waals surface area contributed by atoms with Crippen LogP contribution in [0.25, 0.3) is 11.3 Å². The first kappa shape index (κ1) is 18.9. The molecule has 0 spiro atoms. The number of ether oxygens (including phenoxy) is 1. The molecule has 0 atom stereocenters. The second-order valence-corrected chi connectivity index (χ2v) is 6.42. The molecule has 0 unspecified atom stereocenters. The van der Waals surface area contributed by atoms with Crippen molar-refractivity contribution in [2.45, 2.75) is 6.92 Å². The van der Waals surface area contributed by atoms with Crippen molar-refractivity contribution >= 4 is 27.6 Å². The summed E-state index contributed by atoms with van der Waals surface area (Å²) in [6.45, 7) is 2.07. The largest absolute Gasteiger partial charge is 0.465 e. The van der Waals surface area contributed by atoms with Gasteiger partial charge in [0.05, 0.1) is 30.4 Å². The zero-order valence-corrected chi connectivity index (χ0v) is 16.4. The van der Waals surface area contributed by atoms with E-state index < -0.39 is 0 Å². The molecule has 0 aliphatic carbocycles. The third-order valence-electron chi connectivity index (χ3n) is 3.80. The molecule has 27 heavy (non-hydrogen) atoms. The van der Waals surface area contributed by atoms with Crippen LogP contribution in [0.4, 0.5) is 0 Å². The molecule has 0 aliphatic rings. The zero-order chi connectivity index (χ0) is 19.1. The molecule has 0 aliphatic heterocycles. The van der Waals surface area contributed by atoms with E-state index in [1.165, 1.54) is 0 Å². The summed E-state index contributed by atoms with van der Waals surface area (Å²) in [6, 6.07) is 17.6. The first-order valence-electron chi connectivity index (χ1n) is 8.52. The van der Waals surface area contributed by atoms with E-state index in [0.717, 1.165) is 22.4 Å². The lowest BCUT2D eigenvalue weighted by molar-refractivity contribution is -0.141. The number of aromatic nitrogens is 2. The maximum Gasteiger partial charge on any atom is 0.327 e. The summed E-state index contributed by atoms with van der Waals surface area (Å²) in [6.07, 6.45) is 3.36. The highest BCUT2D eigenvalue weighted by Gasteiger charge is 2.14. The lowest BCUT2D eigenvalue weighted by atomic mass is 9.96. The summed E-state index contributed by atoms with van der Waals surface area (Å²) in [5.41, 5.74) is 4.13. The van der Waals surface area contributed by atoms with Crippen LogP contribution >= 0.6 is 15.9 Å². The molecule has 0 saturated carbocycles. The molecule has 6 heteroatoms. The highest BCUT2D eigenvalue weighted by atomic mass is 79.9. The van der Waals surface area contributed by atoms with Crippen LogP contribution in [0.5, 0.6) is 0 Å². The molecule has 2 aromatic carbocycles. The Bertz CT molecular complexity index is 941. The Morgan fingerprint density at radius 1 is 1.04 bits per heavy atom. The Hall–Kier alpha value is -2.86. The van der Waals surface area contributed by atoms with Crippen LogP contribution < -0.4 is 0 Å². The van der Waals surface area contributed by atoms with Gasteiger partial charge in [0.25, 0.3) is 0 Å². The van der Waals surface area contributed by atoms with Crippen LogP contribution in [0.3, 0.4) is 0 Å². The predicted octanol–water partition coefficient (Wildman–Crippen LogP) is 4.31. The minimum absolute atomic E-state index is 0.0432. The number of aliphatic imine (C=N–C) groups is 1. The molecule has 0 fully saturated rings. The average Bonchev–Trinajstić information content (AvgIpc) is 2.70. The molecule has 3 aromatic rings. The molecule has 0 bridgehead atoms. The van der Waals surface area contributed by atoms with Gasteiger partial charge < -0.3 is 4.74 Å². The van der Waals surface area contributed by atoms with Crippen molar-refractivity contribution in [2.24, 2.45) is 4.99 Å². The third kappa shape index (κ3) is 4.86. The van der Waals surface area contributed by atoms with Crippen molar-refractivity contribution in [1.29, 1.82) is 0 Å². The van der Waals surface area contributed by atoms with Crippen LogP contribution in [0.1, 0.15) is 18.1 Å². The lowest BCUT2D eigenvalue weighted by Crippen LogP contribution is -2.12. The van der Waals surface area contributed by atoms with Crippen LogP contribution in [-0.4, -0.2) is 34.8 Å². The number of halogens is 1. The maximum absolute atomic E-state index is 11.8. The minimum Gasteiger partial charge on any atom is -0.465 e. The number of benzene rings is 2. The fourth-order valence-corrected chi connectivity index (χ4v) is 2.85. The fourth-order valence-electron chi connectivity index (χ4n) is 2.64. The van der Waals surface area contributed by atoms with E-state index in [1.54, 1.807) is 19.3 Å². The van der Waals surface area contributed by atoms with Crippen LogP contribution in [0, 0.1) is 0 Å². The van der Waals surface area contributed by atoms with Crippen molar-refractivity contribution in [1.82, 2.24) is 9.97 Å². The van der Waals surface area contributed by atoms with Crippen molar-refractivity contribution in [3.05, 3.63) is 82.7 Å².